The first-order valence-electron chi connectivity index (χ1n) is 6.97. The number of ether oxygens (including phenoxy) is 1. The van der Waals surface area contributed by atoms with Gasteiger partial charge in [-0.15, -0.1) is 11.3 Å². The summed E-state index contributed by atoms with van der Waals surface area (Å²) in [5, 5.41) is 6.66. The summed E-state index contributed by atoms with van der Waals surface area (Å²) in [4.78, 5) is 9.19. The van der Waals surface area contributed by atoms with Gasteiger partial charge in [-0.2, -0.15) is 0 Å². The average Bonchev–Trinajstić information content (AvgIpc) is 2.85. The Bertz CT molecular complexity index is 446. The van der Waals surface area contributed by atoms with E-state index in [-0.39, 0.29) is 6.10 Å². The van der Waals surface area contributed by atoms with E-state index in [0.29, 0.717) is 0 Å². The standard InChI is InChI=1S/C14H24N4OS/c1-11-4-5-13(20-11)9-17-14(15-2)16-8-12-10-18(3)6-7-19-12/h4-5,12H,6-10H2,1-3H3,(H2,15,16,17). The third-order valence-corrected chi connectivity index (χ3v) is 4.29. The molecule has 1 fully saturated rings. The molecule has 0 spiro atoms. The lowest BCUT2D eigenvalue weighted by Crippen LogP contribution is -2.48. The molecule has 6 heteroatoms. The number of aliphatic imine (C=N–C) groups is 1. The maximum absolute atomic E-state index is 5.72. The van der Waals surface area contributed by atoms with Gasteiger partial charge in [-0.05, 0) is 26.1 Å². The summed E-state index contributed by atoms with van der Waals surface area (Å²) >= 11 is 1.81. The lowest BCUT2D eigenvalue weighted by molar-refractivity contribution is -0.0161. The van der Waals surface area contributed by atoms with Crippen LogP contribution in [0.2, 0.25) is 0 Å². The molecule has 1 unspecified atom stereocenters. The van der Waals surface area contributed by atoms with Crippen molar-refractivity contribution in [3.8, 4) is 0 Å². The zero-order chi connectivity index (χ0) is 14.4. The number of hydrogen-bond donors (Lipinski definition) is 2. The van der Waals surface area contributed by atoms with E-state index in [2.05, 4.69) is 46.6 Å². The van der Waals surface area contributed by atoms with Crippen molar-refractivity contribution in [1.82, 2.24) is 15.5 Å². The summed E-state index contributed by atoms with van der Waals surface area (Å²) in [5.74, 6) is 0.827. The molecule has 2 rings (SSSR count). The fourth-order valence-electron chi connectivity index (χ4n) is 2.17. The van der Waals surface area contributed by atoms with Crippen molar-refractivity contribution in [2.24, 2.45) is 4.99 Å². The molecule has 1 saturated heterocycles. The molecule has 1 aromatic rings. The second kappa shape index (κ2) is 7.61. The smallest absolute Gasteiger partial charge is 0.191 e. The minimum absolute atomic E-state index is 0.233. The van der Waals surface area contributed by atoms with Crippen molar-refractivity contribution >= 4 is 17.3 Å². The van der Waals surface area contributed by atoms with Gasteiger partial charge in [0.05, 0.1) is 19.3 Å². The Balaban J connectivity index is 1.72. The van der Waals surface area contributed by atoms with Crippen molar-refractivity contribution in [3.63, 3.8) is 0 Å². The SMILES string of the molecule is CN=C(NCc1ccc(C)s1)NCC1CN(C)CCO1. The fraction of sp³-hybridized carbons (Fsp3) is 0.643. The van der Waals surface area contributed by atoms with Gasteiger partial charge in [0.2, 0.25) is 0 Å². The highest BCUT2D eigenvalue weighted by Gasteiger charge is 2.17. The minimum Gasteiger partial charge on any atom is -0.374 e. The molecule has 0 saturated carbocycles. The van der Waals surface area contributed by atoms with Crippen molar-refractivity contribution in [1.29, 1.82) is 0 Å². The number of nitrogens with one attached hydrogen (secondary N) is 2. The van der Waals surface area contributed by atoms with Crippen LogP contribution in [0.1, 0.15) is 9.75 Å². The quantitative estimate of drug-likeness (QED) is 0.644. The molecule has 0 aromatic carbocycles. The molecule has 2 heterocycles. The monoisotopic (exact) mass is 296 g/mol. The lowest BCUT2D eigenvalue weighted by Gasteiger charge is -2.30. The van der Waals surface area contributed by atoms with Crippen LogP contribution in [0.3, 0.4) is 0 Å². The van der Waals surface area contributed by atoms with Crippen molar-refractivity contribution in [3.05, 3.63) is 21.9 Å². The topological polar surface area (TPSA) is 48.9 Å². The molecule has 1 aromatic heterocycles. The van der Waals surface area contributed by atoms with Gasteiger partial charge in [0.1, 0.15) is 0 Å². The molecular formula is C14H24N4OS. The molecule has 0 bridgehead atoms. The number of hydrogen-bond acceptors (Lipinski definition) is 4. The van der Waals surface area contributed by atoms with Gasteiger partial charge in [-0.25, -0.2) is 0 Å². The summed E-state index contributed by atoms with van der Waals surface area (Å²) in [6.45, 7) is 6.51. The maximum Gasteiger partial charge on any atom is 0.191 e. The van der Waals surface area contributed by atoms with Crippen molar-refractivity contribution < 1.29 is 4.74 Å². The van der Waals surface area contributed by atoms with E-state index in [4.69, 9.17) is 4.74 Å². The molecule has 0 aliphatic carbocycles. The first-order chi connectivity index (χ1) is 9.67. The second-order valence-electron chi connectivity index (χ2n) is 5.07. The van der Waals surface area contributed by atoms with Crippen molar-refractivity contribution in [2.75, 3.05) is 40.3 Å². The zero-order valence-electron chi connectivity index (χ0n) is 12.5. The van der Waals surface area contributed by atoms with Gasteiger partial charge in [0.15, 0.2) is 5.96 Å². The first-order valence-corrected chi connectivity index (χ1v) is 7.79. The van der Waals surface area contributed by atoms with E-state index >= 15 is 0 Å². The number of thiophene rings is 1. The predicted octanol–water partition coefficient (Wildman–Crippen LogP) is 1.05. The van der Waals surface area contributed by atoms with E-state index in [1.165, 1.54) is 9.75 Å². The van der Waals surface area contributed by atoms with Gasteiger partial charge in [0.25, 0.3) is 0 Å². The maximum atomic E-state index is 5.72. The zero-order valence-corrected chi connectivity index (χ0v) is 13.3. The number of aryl methyl sites for hydroxylation is 1. The van der Waals surface area contributed by atoms with E-state index in [0.717, 1.165) is 38.7 Å². The Kier molecular flexibility index (Phi) is 5.82. The molecule has 1 aliphatic heterocycles. The molecule has 5 nitrogen and oxygen atoms in total. The number of morpholine rings is 1. The average molecular weight is 296 g/mol. The van der Waals surface area contributed by atoms with E-state index < -0.39 is 0 Å². The van der Waals surface area contributed by atoms with E-state index in [9.17, 15) is 0 Å². The minimum atomic E-state index is 0.233. The summed E-state index contributed by atoms with van der Waals surface area (Å²) in [5.41, 5.74) is 0. The Morgan fingerprint density at radius 1 is 1.50 bits per heavy atom. The van der Waals surface area contributed by atoms with Gasteiger partial charge < -0.3 is 20.3 Å². The summed E-state index contributed by atoms with van der Waals surface area (Å²) < 4.78 is 5.72. The van der Waals surface area contributed by atoms with Crippen LogP contribution in [-0.2, 0) is 11.3 Å². The van der Waals surface area contributed by atoms with Crippen LogP contribution < -0.4 is 10.6 Å². The van der Waals surface area contributed by atoms with Crippen LogP contribution in [0.15, 0.2) is 17.1 Å². The van der Waals surface area contributed by atoms with E-state index in [1.54, 1.807) is 7.05 Å². The van der Waals surface area contributed by atoms with Crippen LogP contribution >= 0.6 is 11.3 Å². The van der Waals surface area contributed by atoms with Gasteiger partial charge in [-0.1, -0.05) is 0 Å². The highest BCUT2D eigenvalue weighted by atomic mass is 32.1. The lowest BCUT2D eigenvalue weighted by atomic mass is 10.3. The Morgan fingerprint density at radius 3 is 3.00 bits per heavy atom. The fourth-order valence-corrected chi connectivity index (χ4v) is 3.00. The summed E-state index contributed by atoms with van der Waals surface area (Å²) in [6.07, 6.45) is 0.233. The van der Waals surface area contributed by atoms with Gasteiger partial charge in [0, 0.05) is 36.4 Å². The third-order valence-electron chi connectivity index (χ3n) is 3.29. The summed E-state index contributed by atoms with van der Waals surface area (Å²) in [7, 11) is 3.92. The highest BCUT2D eigenvalue weighted by Crippen LogP contribution is 2.14. The molecule has 1 aliphatic rings. The number of nitrogens with zero attached hydrogens (tertiary/aromatic N) is 2. The predicted molar refractivity (Wildman–Crippen MR) is 84.5 cm³/mol. The highest BCUT2D eigenvalue weighted by molar-refractivity contribution is 7.11. The normalized spacial score (nSPS) is 20.9. The molecule has 2 N–H and O–H groups in total. The molecule has 0 amide bonds. The number of likely N-dealkylation sites (N-methyl/N-ethyl adjacent to an activating group) is 1. The van der Waals surface area contributed by atoms with Crippen LogP contribution in [0, 0.1) is 6.92 Å². The van der Waals surface area contributed by atoms with Gasteiger partial charge >= 0.3 is 0 Å². The molecule has 0 radical (unpaired) electrons. The largest absolute Gasteiger partial charge is 0.374 e. The van der Waals surface area contributed by atoms with Crippen molar-refractivity contribution in [2.45, 2.75) is 19.6 Å². The first kappa shape index (κ1) is 15.3. The second-order valence-corrected chi connectivity index (χ2v) is 6.45. The van der Waals surface area contributed by atoms with E-state index in [1.807, 2.05) is 11.3 Å². The molecule has 1 atom stereocenters. The van der Waals surface area contributed by atoms with Gasteiger partial charge in [-0.3, -0.25) is 4.99 Å². The molecule has 112 valence electrons. The third kappa shape index (κ3) is 4.77. The van der Waals surface area contributed by atoms with Crippen LogP contribution in [0.5, 0.6) is 0 Å². The Morgan fingerprint density at radius 2 is 2.35 bits per heavy atom. The van der Waals surface area contributed by atoms with Crippen LogP contribution in [0.4, 0.5) is 0 Å². The molecular weight excluding hydrogens is 272 g/mol. The Labute approximate surface area is 125 Å². The van der Waals surface area contributed by atoms with Crippen LogP contribution in [-0.4, -0.2) is 57.3 Å². The Hall–Kier alpha value is -1.11. The molecule has 20 heavy (non-hydrogen) atoms. The number of guanidine groups is 1. The number of rotatable bonds is 4. The van der Waals surface area contributed by atoms with Crippen LogP contribution in [0.25, 0.3) is 0 Å². The summed E-state index contributed by atoms with van der Waals surface area (Å²) in [6, 6.07) is 4.29.